The predicted octanol–water partition coefficient (Wildman–Crippen LogP) is 1.89. The van der Waals surface area contributed by atoms with E-state index in [-0.39, 0.29) is 11.1 Å². The highest BCUT2D eigenvalue weighted by molar-refractivity contribution is 8.18. The van der Waals surface area contributed by atoms with Gasteiger partial charge in [-0.05, 0) is 30.0 Å². The minimum atomic E-state index is -0.356. The van der Waals surface area contributed by atoms with Crippen molar-refractivity contribution in [3.05, 3.63) is 35.0 Å². The number of thioether (sulfide) groups is 1. The minimum absolute atomic E-state index is 0.339. The second kappa shape index (κ2) is 3.74. The SMILES string of the molecule is O=C1NC(=O)/C(=C/c2c[nH]c3cccnc23)S1. The van der Waals surface area contributed by atoms with Crippen molar-refractivity contribution in [3.8, 4) is 0 Å². The van der Waals surface area contributed by atoms with Crippen LogP contribution in [0.3, 0.4) is 0 Å². The van der Waals surface area contributed by atoms with Crippen LogP contribution in [0.4, 0.5) is 4.79 Å². The normalized spacial score (nSPS) is 18.0. The van der Waals surface area contributed by atoms with Crippen LogP contribution >= 0.6 is 11.8 Å². The number of imide groups is 1. The Kier molecular flexibility index (Phi) is 2.22. The highest BCUT2D eigenvalue weighted by Crippen LogP contribution is 2.27. The molecular weight excluding hydrogens is 238 g/mol. The van der Waals surface area contributed by atoms with E-state index in [1.807, 2.05) is 12.1 Å². The number of aromatic amines is 1. The highest BCUT2D eigenvalue weighted by atomic mass is 32.2. The Hall–Kier alpha value is -2.08. The van der Waals surface area contributed by atoms with Gasteiger partial charge in [0.25, 0.3) is 11.1 Å². The zero-order chi connectivity index (χ0) is 11.8. The number of H-pyrrole nitrogens is 1. The Labute approximate surface area is 100 Å². The third-order valence-corrected chi connectivity index (χ3v) is 3.20. The molecule has 17 heavy (non-hydrogen) atoms. The van der Waals surface area contributed by atoms with Gasteiger partial charge in [-0.25, -0.2) is 0 Å². The van der Waals surface area contributed by atoms with Gasteiger partial charge in [0.1, 0.15) is 0 Å². The molecule has 1 aliphatic rings. The van der Waals surface area contributed by atoms with E-state index in [1.54, 1.807) is 18.5 Å². The quantitative estimate of drug-likeness (QED) is 0.752. The number of hydrogen-bond acceptors (Lipinski definition) is 4. The molecule has 0 spiro atoms. The van der Waals surface area contributed by atoms with Gasteiger partial charge in [0, 0.05) is 18.0 Å². The topological polar surface area (TPSA) is 74.8 Å². The number of carbonyl (C=O) groups excluding carboxylic acids is 2. The standard InChI is InChI=1S/C11H7N3O2S/c15-10-8(17-11(16)14-10)4-6-5-13-7-2-1-3-12-9(6)7/h1-5,13H,(H,14,15,16)/b8-4-. The molecule has 0 unspecified atom stereocenters. The first-order valence-electron chi connectivity index (χ1n) is 4.91. The van der Waals surface area contributed by atoms with E-state index in [0.29, 0.717) is 4.91 Å². The van der Waals surface area contributed by atoms with Crippen molar-refractivity contribution >= 4 is 40.0 Å². The lowest BCUT2D eigenvalue weighted by Crippen LogP contribution is -2.17. The van der Waals surface area contributed by atoms with Crippen molar-refractivity contribution < 1.29 is 9.59 Å². The van der Waals surface area contributed by atoms with Crippen molar-refractivity contribution in [1.82, 2.24) is 15.3 Å². The summed E-state index contributed by atoms with van der Waals surface area (Å²) < 4.78 is 0. The molecular formula is C11H7N3O2S. The minimum Gasteiger partial charge on any atom is -0.359 e. The molecule has 2 aromatic heterocycles. The molecule has 6 heteroatoms. The van der Waals surface area contributed by atoms with Gasteiger partial charge in [0.15, 0.2) is 0 Å². The monoisotopic (exact) mass is 245 g/mol. The molecule has 2 amide bonds. The molecule has 1 fully saturated rings. The number of fused-ring (bicyclic) bond motifs is 1. The van der Waals surface area contributed by atoms with Gasteiger partial charge in [-0.3, -0.25) is 19.9 Å². The van der Waals surface area contributed by atoms with Gasteiger partial charge in [0.05, 0.1) is 15.9 Å². The van der Waals surface area contributed by atoms with Gasteiger partial charge in [-0.15, -0.1) is 0 Å². The van der Waals surface area contributed by atoms with Gasteiger partial charge in [-0.1, -0.05) is 0 Å². The molecule has 1 aliphatic heterocycles. The Morgan fingerprint density at radius 3 is 3.00 bits per heavy atom. The summed E-state index contributed by atoms with van der Waals surface area (Å²) in [6, 6.07) is 3.73. The zero-order valence-corrected chi connectivity index (χ0v) is 9.38. The molecule has 5 nitrogen and oxygen atoms in total. The molecule has 84 valence electrons. The second-order valence-electron chi connectivity index (χ2n) is 3.50. The molecule has 0 atom stereocenters. The van der Waals surface area contributed by atoms with E-state index in [9.17, 15) is 9.59 Å². The van der Waals surface area contributed by atoms with Crippen LogP contribution in [0.15, 0.2) is 29.4 Å². The summed E-state index contributed by atoms with van der Waals surface area (Å²) in [6.07, 6.45) is 5.11. The first-order chi connectivity index (χ1) is 8.24. The highest BCUT2D eigenvalue weighted by Gasteiger charge is 2.25. The van der Waals surface area contributed by atoms with Gasteiger partial charge < -0.3 is 4.98 Å². The number of pyridine rings is 1. The van der Waals surface area contributed by atoms with Crippen LogP contribution < -0.4 is 5.32 Å². The second-order valence-corrected chi connectivity index (χ2v) is 4.51. The number of aromatic nitrogens is 2. The van der Waals surface area contributed by atoms with E-state index in [4.69, 9.17) is 0 Å². The molecule has 0 radical (unpaired) electrons. The average molecular weight is 245 g/mol. The molecule has 3 heterocycles. The summed E-state index contributed by atoms with van der Waals surface area (Å²) in [7, 11) is 0. The molecule has 0 bridgehead atoms. The van der Waals surface area contributed by atoms with Crippen molar-refractivity contribution in [3.63, 3.8) is 0 Å². The Balaban J connectivity index is 2.08. The number of nitrogens with zero attached hydrogens (tertiary/aromatic N) is 1. The summed E-state index contributed by atoms with van der Waals surface area (Å²) >= 11 is 0.900. The van der Waals surface area contributed by atoms with Gasteiger partial charge >= 0.3 is 0 Å². The Morgan fingerprint density at radius 1 is 1.35 bits per heavy atom. The third kappa shape index (κ3) is 1.72. The van der Waals surface area contributed by atoms with E-state index in [2.05, 4.69) is 15.3 Å². The summed E-state index contributed by atoms with van der Waals surface area (Å²) in [5.74, 6) is -0.356. The van der Waals surface area contributed by atoms with Crippen LogP contribution in [0, 0.1) is 0 Å². The summed E-state index contributed by atoms with van der Waals surface area (Å²) in [6.45, 7) is 0. The lowest BCUT2D eigenvalue weighted by molar-refractivity contribution is -0.115. The van der Waals surface area contributed by atoms with Crippen LogP contribution in [-0.4, -0.2) is 21.1 Å². The lowest BCUT2D eigenvalue weighted by Gasteiger charge is -1.91. The third-order valence-electron chi connectivity index (χ3n) is 2.39. The van der Waals surface area contributed by atoms with Crippen LogP contribution in [0.25, 0.3) is 17.1 Å². The Bertz CT molecular complexity index is 660. The maximum atomic E-state index is 11.4. The average Bonchev–Trinajstić information content (AvgIpc) is 2.85. The van der Waals surface area contributed by atoms with E-state index >= 15 is 0 Å². The van der Waals surface area contributed by atoms with Crippen molar-refractivity contribution in [2.75, 3.05) is 0 Å². The van der Waals surface area contributed by atoms with Crippen LogP contribution in [0.2, 0.25) is 0 Å². The van der Waals surface area contributed by atoms with E-state index in [0.717, 1.165) is 28.4 Å². The van der Waals surface area contributed by atoms with Gasteiger partial charge in [0.2, 0.25) is 0 Å². The van der Waals surface area contributed by atoms with Crippen molar-refractivity contribution in [1.29, 1.82) is 0 Å². The van der Waals surface area contributed by atoms with Crippen LogP contribution in [-0.2, 0) is 4.79 Å². The number of hydrogen-bond donors (Lipinski definition) is 2. The molecule has 0 aromatic carbocycles. The first-order valence-corrected chi connectivity index (χ1v) is 5.72. The fourth-order valence-corrected chi connectivity index (χ4v) is 2.32. The summed E-state index contributed by atoms with van der Waals surface area (Å²) in [5.41, 5.74) is 2.48. The number of carbonyl (C=O) groups is 2. The smallest absolute Gasteiger partial charge is 0.290 e. The lowest BCUT2D eigenvalue weighted by atomic mass is 10.2. The van der Waals surface area contributed by atoms with E-state index in [1.165, 1.54) is 0 Å². The fraction of sp³-hybridized carbons (Fsp3) is 0. The van der Waals surface area contributed by atoms with Crippen LogP contribution in [0.1, 0.15) is 5.56 Å². The van der Waals surface area contributed by atoms with Crippen molar-refractivity contribution in [2.24, 2.45) is 0 Å². The molecule has 2 N–H and O–H groups in total. The molecule has 2 aromatic rings. The van der Waals surface area contributed by atoms with E-state index < -0.39 is 0 Å². The van der Waals surface area contributed by atoms with Crippen LogP contribution in [0.5, 0.6) is 0 Å². The fourth-order valence-electron chi connectivity index (χ4n) is 1.65. The maximum absolute atomic E-state index is 11.4. The Morgan fingerprint density at radius 2 is 2.24 bits per heavy atom. The zero-order valence-electron chi connectivity index (χ0n) is 8.56. The summed E-state index contributed by atoms with van der Waals surface area (Å²) in [5, 5.41) is 1.87. The first kappa shape index (κ1) is 10.1. The number of rotatable bonds is 1. The molecule has 0 aliphatic carbocycles. The number of nitrogens with one attached hydrogen (secondary N) is 2. The molecule has 1 saturated heterocycles. The largest absolute Gasteiger partial charge is 0.359 e. The predicted molar refractivity (Wildman–Crippen MR) is 65.2 cm³/mol. The summed E-state index contributed by atoms with van der Waals surface area (Å²) in [4.78, 5) is 30.1. The van der Waals surface area contributed by atoms with Gasteiger partial charge in [-0.2, -0.15) is 0 Å². The maximum Gasteiger partial charge on any atom is 0.290 e. The molecule has 3 rings (SSSR count). The van der Waals surface area contributed by atoms with Crippen molar-refractivity contribution in [2.45, 2.75) is 0 Å². The molecule has 0 saturated carbocycles. The number of amides is 2.